The average Bonchev–Trinajstić information content (AvgIpc) is 3.33. The molecule has 0 spiro atoms. The van der Waals surface area contributed by atoms with E-state index in [0.717, 1.165) is 35.5 Å². The summed E-state index contributed by atoms with van der Waals surface area (Å²) >= 11 is 0. The molecule has 0 aliphatic rings. The van der Waals surface area contributed by atoms with Gasteiger partial charge in [0.2, 0.25) is 5.91 Å². The topological polar surface area (TPSA) is 100 Å². The van der Waals surface area contributed by atoms with Crippen molar-refractivity contribution in [2.75, 3.05) is 42.7 Å². The Morgan fingerprint density at radius 3 is 2.62 bits per heavy atom. The third-order valence-corrected chi connectivity index (χ3v) is 7.03. The molecule has 4 rings (SSSR count). The number of nitrogens with one attached hydrogen (secondary N) is 2. The van der Waals surface area contributed by atoms with E-state index >= 15 is 0 Å². The van der Waals surface area contributed by atoms with Crippen molar-refractivity contribution in [2.45, 2.75) is 32.9 Å². The van der Waals surface area contributed by atoms with E-state index in [9.17, 15) is 13.6 Å². The molecule has 2 aromatic heterocycles. The fraction of sp³-hybridized carbons (Fsp3) is 0.333. The predicted molar refractivity (Wildman–Crippen MR) is 163 cm³/mol. The van der Waals surface area contributed by atoms with Crippen LogP contribution in [0.3, 0.4) is 0 Å². The molecule has 0 fully saturated rings. The number of hydrogen-bond donors (Lipinski definition) is 2. The molecule has 0 aliphatic heterocycles. The molecule has 2 N–H and O–H groups in total. The van der Waals surface area contributed by atoms with E-state index in [0.29, 0.717) is 35.5 Å². The first kappa shape index (κ1) is 30.4. The molecule has 1 amide bonds. The molecule has 0 unspecified atom stereocenters. The number of benzene rings is 2. The number of nitrogens with zero attached hydrogens (tertiary/aromatic N) is 6. The van der Waals surface area contributed by atoms with Crippen LogP contribution >= 0.6 is 0 Å². The molecule has 0 radical (unpaired) electrons. The fourth-order valence-corrected chi connectivity index (χ4v) is 4.44. The van der Waals surface area contributed by atoms with Crippen LogP contribution in [0.2, 0.25) is 0 Å². The summed E-state index contributed by atoms with van der Waals surface area (Å²) in [6, 6.07) is 11.0. The number of carbonyl (C=O) groups excluding carboxylic acids is 1. The SMILES string of the molecule is C=CC(=O)Nc1cc(Nc2cc(-c3ccc4c(cnn4C)c3)ncn2)c(OC(F)F)cc1N(C)CCCN(C)C(C)C. The summed E-state index contributed by atoms with van der Waals surface area (Å²) in [6.07, 6.45) is 5.12. The molecule has 2 aromatic carbocycles. The van der Waals surface area contributed by atoms with Crippen molar-refractivity contribution in [1.29, 1.82) is 0 Å². The van der Waals surface area contributed by atoms with Crippen LogP contribution in [0.25, 0.3) is 22.2 Å². The smallest absolute Gasteiger partial charge is 0.387 e. The zero-order valence-electron chi connectivity index (χ0n) is 24.4. The van der Waals surface area contributed by atoms with Gasteiger partial charge in [-0.1, -0.05) is 12.6 Å². The summed E-state index contributed by atoms with van der Waals surface area (Å²) in [4.78, 5) is 25.1. The van der Waals surface area contributed by atoms with Crippen LogP contribution in [0.15, 0.2) is 61.6 Å². The lowest BCUT2D eigenvalue weighted by molar-refractivity contribution is -0.111. The maximum Gasteiger partial charge on any atom is 0.387 e. The number of carbonyl (C=O) groups is 1. The molecule has 0 saturated heterocycles. The normalized spacial score (nSPS) is 11.4. The molecule has 42 heavy (non-hydrogen) atoms. The fourth-order valence-electron chi connectivity index (χ4n) is 4.44. The van der Waals surface area contributed by atoms with Crippen molar-refractivity contribution in [3.8, 4) is 17.0 Å². The zero-order chi connectivity index (χ0) is 30.4. The van der Waals surface area contributed by atoms with E-state index in [2.05, 4.69) is 51.0 Å². The number of hydrogen-bond acceptors (Lipinski definition) is 8. The Hall–Kier alpha value is -4.58. The number of rotatable bonds is 13. The van der Waals surface area contributed by atoms with Gasteiger partial charge in [0.15, 0.2) is 5.75 Å². The van der Waals surface area contributed by atoms with Crippen molar-refractivity contribution in [2.24, 2.45) is 7.05 Å². The maximum atomic E-state index is 13.5. The second kappa shape index (κ2) is 13.4. The third-order valence-electron chi connectivity index (χ3n) is 7.03. The number of ether oxygens (including phenoxy) is 1. The molecule has 12 heteroatoms. The largest absolute Gasteiger partial charge is 0.433 e. The van der Waals surface area contributed by atoms with Gasteiger partial charge in [0.25, 0.3) is 0 Å². The van der Waals surface area contributed by atoms with Gasteiger partial charge in [0, 0.05) is 49.8 Å². The molecule has 2 heterocycles. The lowest BCUT2D eigenvalue weighted by Gasteiger charge is -2.27. The number of aryl methyl sites for hydroxylation is 1. The van der Waals surface area contributed by atoms with Crippen LogP contribution in [0, 0.1) is 0 Å². The first-order chi connectivity index (χ1) is 20.0. The minimum absolute atomic E-state index is 0.0975. The van der Waals surface area contributed by atoms with E-state index in [1.165, 1.54) is 12.4 Å². The monoisotopic (exact) mass is 578 g/mol. The summed E-state index contributed by atoms with van der Waals surface area (Å²) in [5, 5.41) is 11.1. The minimum Gasteiger partial charge on any atom is -0.433 e. The summed E-state index contributed by atoms with van der Waals surface area (Å²) in [5.74, 6) is -0.184. The zero-order valence-corrected chi connectivity index (χ0v) is 24.4. The van der Waals surface area contributed by atoms with Crippen molar-refractivity contribution in [3.63, 3.8) is 0 Å². The molecule has 0 atom stereocenters. The lowest BCUT2D eigenvalue weighted by atomic mass is 10.1. The average molecular weight is 579 g/mol. The Balaban J connectivity index is 1.67. The van der Waals surface area contributed by atoms with E-state index < -0.39 is 12.5 Å². The van der Waals surface area contributed by atoms with Gasteiger partial charge in [-0.2, -0.15) is 13.9 Å². The molecule has 222 valence electrons. The van der Waals surface area contributed by atoms with Crippen LogP contribution in [0.5, 0.6) is 5.75 Å². The summed E-state index contributed by atoms with van der Waals surface area (Å²) in [6.45, 7) is 6.16. The van der Waals surface area contributed by atoms with Crippen LogP contribution < -0.4 is 20.3 Å². The van der Waals surface area contributed by atoms with Crippen LogP contribution in [-0.4, -0.2) is 70.4 Å². The Morgan fingerprint density at radius 1 is 1.12 bits per heavy atom. The van der Waals surface area contributed by atoms with Gasteiger partial charge >= 0.3 is 6.61 Å². The van der Waals surface area contributed by atoms with E-state index in [-0.39, 0.29) is 11.4 Å². The molecule has 0 bridgehead atoms. The van der Waals surface area contributed by atoms with Gasteiger partial charge in [-0.05, 0) is 58.1 Å². The number of fused-ring (bicyclic) bond motifs is 1. The lowest BCUT2D eigenvalue weighted by Crippen LogP contribution is -2.30. The first-order valence-corrected chi connectivity index (χ1v) is 13.5. The Labute approximate surface area is 244 Å². The van der Waals surface area contributed by atoms with Crippen LogP contribution in [-0.2, 0) is 11.8 Å². The molecule has 10 nitrogen and oxygen atoms in total. The Kier molecular flexibility index (Phi) is 9.68. The van der Waals surface area contributed by atoms with Gasteiger partial charge in [0.1, 0.15) is 12.1 Å². The number of amides is 1. The highest BCUT2D eigenvalue weighted by Crippen LogP contribution is 2.39. The minimum atomic E-state index is -3.07. The summed E-state index contributed by atoms with van der Waals surface area (Å²) < 4.78 is 33.8. The van der Waals surface area contributed by atoms with Crippen molar-refractivity contribution in [1.82, 2.24) is 24.6 Å². The highest BCUT2D eigenvalue weighted by molar-refractivity contribution is 6.02. The van der Waals surface area contributed by atoms with Crippen molar-refractivity contribution in [3.05, 3.63) is 61.6 Å². The van der Waals surface area contributed by atoms with Gasteiger partial charge in [0.05, 0.1) is 34.5 Å². The highest BCUT2D eigenvalue weighted by Gasteiger charge is 2.19. The number of anilines is 4. The second-order valence-electron chi connectivity index (χ2n) is 10.2. The molecule has 0 saturated carbocycles. The third kappa shape index (κ3) is 7.38. The highest BCUT2D eigenvalue weighted by atomic mass is 19.3. The van der Waals surface area contributed by atoms with Gasteiger partial charge in [-0.3, -0.25) is 9.48 Å². The molecular weight excluding hydrogens is 542 g/mol. The van der Waals surface area contributed by atoms with E-state index in [1.54, 1.807) is 23.0 Å². The number of alkyl halides is 2. The van der Waals surface area contributed by atoms with Crippen LogP contribution in [0.1, 0.15) is 20.3 Å². The molecule has 0 aliphatic carbocycles. The maximum absolute atomic E-state index is 13.5. The molecular formula is C30H36F2N8O2. The van der Waals surface area contributed by atoms with Gasteiger partial charge in [-0.25, -0.2) is 9.97 Å². The van der Waals surface area contributed by atoms with Crippen LogP contribution in [0.4, 0.5) is 31.7 Å². The van der Waals surface area contributed by atoms with E-state index in [1.807, 2.05) is 44.2 Å². The quantitative estimate of drug-likeness (QED) is 0.196. The summed E-state index contributed by atoms with van der Waals surface area (Å²) in [7, 11) is 5.75. The van der Waals surface area contributed by atoms with Crippen molar-refractivity contribution < 1.29 is 18.3 Å². The Morgan fingerprint density at radius 2 is 1.90 bits per heavy atom. The van der Waals surface area contributed by atoms with Crippen molar-refractivity contribution >= 4 is 39.7 Å². The standard InChI is InChI=1S/C30H36F2N8O2/c1-7-29(41)37-23-14-24(27(42-30(31)32)16-26(23)39(5)12-8-11-38(4)19(2)3)36-28-15-22(33-18-34-28)20-9-10-25-21(13-20)17-35-40(25)6/h7,9-10,13-19,30H,1,8,11-12H2,2-6H3,(H,37,41)(H,33,34,36). The second-order valence-corrected chi connectivity index (χ2v) is 10.2. The molecule has 4 aromatic rings. The van der Waals surface area contributed by atoms with E-state index in [4.69, 9.17) is 4.74 Å². The van der Waals surface area contributed by atoms with Gasteiger partial charge in [-0.15, -0.1) is 0 Å². The Bertz CT molecular complexity index is 1560. The summed E-state index contributed by atoms with van der Waals surface area (Å²) in [5.41, 5.74) is 3.55. The first-order valence-electron chi connectivity index (χ1n) is 13.5. The number of aromatic nitrogens is 4. The number of halogens is 2. The van der Waals surface area contributed by atoms with Gasteiger partial charge < -0.3 is 25.2 Å². The predicted octanol–water partition coefficient (Wildman–Crippen LogP) is 5.67.